The first kappa shape index (κ1) is 18.7. The van der Waals surface area contributed by atoms with Crippen molar-refractivity contribution in [3.8, 4) is 0 Å². The van der Waals surface area contributed by atoms with E-state index in [2.05, 4.69) is 46.6 Å². The maximum absolute atomic E-state index is 5.55. The summed E-state index contributed by atoms with van der Waals surface area (Å²) < 4.78 is 11.1. The second-order valence-corrected chi connectivity index (χ2v) is 5.55. The monoisotopic (exact) mass is 370 g/mol. The predicted octanol–water partition coefficient (Wildman–Crippen LogP) is 6.32. The number of furan rings is 2. The van der Waals surface area contributed by atoms with Gasteiger partial charge in [-0.05, 0) is 62.0 Å². The van der Waals surface area contributed by atoms with Gasteiger partial charge < -0.3 is 8.83 Å². The number of hydrogen-bond donors (Lipinski definition) is 0. The average Bonchev–Trinajstić information content (AvgIpc) is 3.39. The standard InChI is InChI=1S/C22H18N4O2/c1-5-15-7-9-17(27-15)13-25-21-11-19(23-3)20(24-4)12-22(21)26-14-18-10-8-16(6-2)28-18/h5-14H,1-4H2/b25-13-,26-14-. The molecular formula is C22H18N4O2. The van der Waals surface area contributed by atoms with Crippen LogP contribution in [-0.4, -0.2) is 25.9 Å². The molecule has 0 N–H and O–H groups in total. The second-order valence-electron chi connectivity index (χ2n) is 5.55. The highest BCUT2D eigenvalue weighted by molar-refractivity contribution is 5.88. The first-order valence-electron chi connectivity index (χ1n) is 8.31. The Bertz CT molecular complexity index is 1010. The smallest absolute Gasteiger partial charge is 0.145 e. The quantitative estimate of drug-likeness (QED) is 0.435. The van der Waals surface area contributed by atoms with Crippen LogP contribution in [0.4, 0.5) is 22.7 Å². The molecule has 0 aliphatic rings. The lowest BCUT2D eigenvalue weighted by Gasteiger charge is -2.05. The van der Waals surface area contributed by atoms with Crippen molar-refractivity contribution in [1.29, 1.82) is 0 Å². The zero-order valence-corrected chi connectivity index (χ0v) is 15.2. The Kier molecular flexibility index (Phi) is 5.72. The highest BCUT2D eigenvalue weighted by Crippen LogP contribution is 2.39. The Morgan fingerprint density at radius 2 is 1.00 bits per heavy atom. The second kappa shape index (κ2) is 8.55. The van der Waals surface area contributed by atoms with E-state index in [4.69, 9.17) is 8.83 Å². The molecule has 0 saturated heterocycles. The van der Waals surface area contributed by atoms with Crippen molar-refractivity contribution in [3.05, 3.63) is 72.6 Å². The number of benzene rings is 1. The van der Waals surface area contributed by atoms with Crippen LogP contribution in [0, 0.1) is 0 Å². The van der Waals surface area contributed by atoms with Crippen molar-refractivity contribution < 1.29 is 8.83 Å². The molecule has 0 radical (unpaired) electrons. The van der Waals surface area contributed by atoms with Crippen LogP contribution in [0.2, 0.25) is 0 Å². The van der Waals surface area contributed by atoms with Crippen LogP contribution >= 0.6 is 0 Å². The topological polar surface area (TPSA) is 75.7 Å². The molecule has 0 saturated carbocycles. The summed E-state index contributed by atoms with van der Waals surface area (Å²) in [6.07, 6.45) is 6.44. The fraction of sp³-hybridized carbons (Fsp3) is 0. The van der Waals surface area contributed by atoms with Crippen molar-refractivity contribution in [1.82, 2.24) is 0 Å². The summed E-state index contributed by atoms with van der Waals surface area (Å²) >= 11 is 0. The number of hydrogen-bond acceptors (Lipinski definition) is 6. The number of rotatable bonds is 8. The van der Waals surface area contributed by atoms with Gasteiger partial charge >= 0.3 is 0 Å². The normalized spacial score (nSPS) is 11.1. The van der Waals surface area contributed by atoms with E-state index < -0.39 is 0 Å². The lowest BCUT2D eigenvalue weighted by molar-refractivity contribution is 0.550. The molecule has 0 aliphatic carbocycles. The molecule has 0 unspecified atom stereocenters. The van der Waals surface area contributed by atoms with Gasteiger partial charge in [-0.15, -0.1) is 0 Å². The van der Waals surface area contributed by atoms with Gasteiger partial charge in [0.2, 0.25) is 0 Å². The minimum Gasteiger partial charge on any atom is -0.456 e. The number of aliphatic imine (C=N–C) groups is 4. The maximum Gasteiger partial charge on any atom is 0.145 e. The molecule has 0 fully saturated rings. The van der Waals surface area contributed by atoms with Gasteiger partial charge in [0, 0.05) is 0 Å². The zero-order valence-electron chi connectivity index (χ0n) is 15.2. The molecule has 1 aromatic carbocycles. The van der Waals surface area contributed by atoms with Crippen molar-refractivity contribution in [2.24, 2.45) is 20.0 Å². The summed E-state index contributed by atoms with van der Waals surface area (Å²) in [6, 6.07) is 10.7. The minimum absolute atomic E-state index is 0.555. The van der Waals surface area contributed by atoms with Gasteiger partial charge in [-0.1, -0.05) is 13.2 Å². The Morgan fingerprint density at radius 3 is 1.32 bits per heavy atom. The van der Waals surface area contributed by atoms with Gasteiger partial charge in [-0.2, -0.15) is 0 Å². The zero-order chi connectivity index (χ0) is 19.9. The van der Waals surface area contributed by atoms with Gasteiger partial charge in [0.05, 0.1) is 35.2 Å². The van der Waals surface area contributed by atoms with Crippen LogP contribution in [-0.2, 0) is 0 Å². The Morgan fingerprint density at radius 1 is 0.607 bits per heavy atom. The summed E-state index contributed by atoms with van der Waals surface area (Å²) in [5.41, 5.74) is 2.25. The molecule has 0 aliphatic heterocycles. The fourth-order valence-corrected chi connectivity index (χ4v) is 2.38. The van der Waals surface area contributed by atoms with E-state index in [-0.39, 0.29) is 0 Å². The average molecular weight is 370 g/mol. The van der Waals surface area contributed by atoms with E-state index >= 15 is 0 Å². The number of nitrogens with zero attached hydrogens (tertiary/aromatic N) is 4. The summed E-state index contributed by atoms with van der Waals surface area (Å²) in [7, 11) is 0. The highest BCUT2D eigenvalue weighted by atomic mass is 16.3. The minimum atomic E-state index is 0.555. The van der Waals surface area contributed by atoms with Gasteiger partial charge in [0.1, 0.15) is 23.0 Å². The van der Waals surface area contributed by atoms with Gasteiger partial charge in [0.15, 0.2) is 0 Å². The molecule has 2 aromatic heterocycles. The SMILES string of the molecule is C=Cc1ccc(/C=N\c2cc(N=C)c(N=C)cc2/N=C\c2ccc(C=C)o2)o1. The molecule has 28 heavy (non-hydrogen) atoms. The molecule has 0 amide bonds. The molecule has 0 bridgehead atoms. The van der Waals surface area contributed by atoms with Crippen molar-refractivity contribution in [3.63, 3.8) is 0 Å². The molecule has 138 valence electrons. The third-order valence-electron chi connectivity index (χ3n) is 3.77. The van der Waals surface area contributed by atoms with Gasteiger partial charge in [0.25, 0.3) is 0 Å². The molecular weight excluding hydrogens is 352 g/mol. The van der Waals surface area contributed by atoms with Crippen LogP contribution in [0.15, 0.2) is 78.4 Å². The van der Waals surface area contributed by atoms with Crippen molar-refractivity contribution in [2.75, 3.05) is 0 Å². The molecule has 0 atom stereocenters. The summed E-state index contributed by atoms with van der Waals surface area (Å²) in [4.78, 5) is 16.9. The van der Waals surface area contributed by atoms with Gasteiger partial charge in [-0.25, -0.2) is 0 Å². The van der Waals surface area contributed by atoms with Crippen LogP contribution in [0.5, 0.6) is 0 Å². The van der Waals surface area contributed by atoms with E-state index in [0.717, 1.165) is 0 Å². The lowest BCUT2D eigenvalue weighted by Crippen LogP contribution is -1.79. The van der Waals surface area contributed by atoms with Crippen LogP contribution in [0.1, 0.15) is 23.0 Å². The molecule has 6 heteroatoms. The van der Waals surface area contributed by atoms with Crippen LogP contribution in [0.3, 0.4) is 0 Å². The van der Waals surface area contributed by atoms with E-state index in [1.807, 2.05) is 12.1 Å². The lowest BCUT2D eigenvalue weighted by atomic mass is 10.2. The summed E-state index contributed by atoms with van der Waals surface area (Å²) in [5.74, 6) is 2.50. The molecule has 6 nitrogen and oxygen atoms in total. The summed E-state index contributed by atoms with van der Waals surface area (Å²) in [6.45, 7) is 14.5. The highest BCUT2D eigenvalue weighted by Gasteiger charge is 2.08. The fourth-order valence-electron chi connectivity index (χ4n) is 2.38. The maximum atomic E-state index is 5.55. The largest absolute Gasteiger partial charge is 0.456 e. The van der Waals surface area contributed by atoms with E-state index in [0.29, 0.717) is 45.8 Å². The molecule has 0 spiro atoms. The third-order valence-corrected chi connectivity index (χ3v) is 3.77. The van der Waals surface area contributed by atoms with Crippen molar-refractivity contribution in [2.45, 2.75) is 0 Å². The van der Waals surface area contributed by atoms with E-state index in [9.17, 15) is 0 Å². The molecule has 3 aromatic rings. The molecule has 2 heterocycles. The van der Waals surface area contributed by atoms with Crippen LogP contribution < -0.4 is 0 Å². The molecule has 3 rings (SSSR count). The van der Waals surface area contributed by atoms with Crippen molar-refractivity contribution >= 4 is 60.8 Å². The Balaban J connectivity index is 2.00. The first-order valence-corrected chi connectivity index (χ1v) is 8.31. The first-order chi connectivity index (χ1) is 13.7. The summed E-state index contributed by atoms with van der Waals surface area (Å²) in [5, 5.41) is 0. The predicted molar refractivity (Wildman–Crippen MR) is 117 cm³/mol. The van der Waals surface area contributed by atoms with Gasteiger partial charge in [-0.3, -0.25) is 20.0 Å². The Labute approximate surface area is 162 Å². The van der Waals surface area contributed by atoms with E-state index in [1.54, 1.807) is 48.8 Å². The van der Waals surface area contributed by atoms with Crippen LogP contribution in [0.25, 0.3) is 12.2 Å². The van der Waals surface area contributed by atoms with E-state index in [1.165, 1.54) is 0 Å². The third kappa shape index (κ3) is 4.19. The Hall–Kier alpha value is -4.06.